The smallest absolute Gasteiger partial charge is 0.108 e. The third kappa shape index (κ3) is 3.03. The standard InChI is InChI=1S/C16H25NO2/c18-16(9-3-1-2-4-10-16)12-17-14-6-5-7-15-13(14)8-11-19-15/h8,11,14,17-18H,1-7,9-10,12H2. The molecule has 2 aliphatic rings. The van der Waals surface area contributed by atoms with E-state index in [0.29, 0.717) is 6.04 Å². The van der Waals surface area contributed by atoms with Gasteiger partial charge in [0.15, 0.2) is 0 Å². The minimum atomic E-state index is -0.488. The molecule has 1 aromatic rings. The van der Waals surface area contributed by atoms with Crippen LogP contribution in [0, 0.1) is 0 Å². The van der Waals surface area contributed by atoms with Crippen LogP contribution in [0.1, 0.15) is 68.7 Å². The average Bonchev–Trinajstić information content (AvgIpc) is 2.80. The van der Waals surface area contributed by atoms with Crippen LogP contribution in [0.3, 0.4) is 0 Å². The van der Waals surface area contributed by atoms with Crippen LogP contribution < -0.4 is 5.32 Å². The topological polar surface area (TPSA) is 45.4 Å². The van der Waals surface area contributed by atoms with Crippen LogP contribution in [0.15, 0.2) is 16.7 Å². The third-order valence-electron chi connectivity index (χ3n) is 4.76. The highest BCUT2D eigenvalue weighted by Gasteiger charge is 2.30. The van der Waals surface area contributed by atoms with Gasteiger partial charge in [0.25, 0.3) is 0 Å². The van der Waals surface area contributed by atoms with E-state index in [9.17, 15) is 5.11 Å². The summed E-state index contributed by atoms with van der Waals surface area (Å²) >= 11 is 0. The van der Waals surface area contributed by atoms with Crippen LogP contribution in [0.25, 0.3) is 0 Å². The van der Waals surface area contributed by atoms with E-state index >= 15 is 0 Å². The first kappa shape index (κ1) is 13.2. The molecule has 1 aromatic heterocycles. The Morgan fingerprint density at radius 3 is 2.79 bits per heavy atom. The highest BCUT2D eigenvalue weighted by molar-refractivity contribution is 5.24. The molecular formula is C16H25NO2. The van der Waals surface area contributed by atoms with Crippen molar-refractivity contribution >= 4 is 0 Å². The Labute approximate surface area is 115 Å². The van der Waals surface area contributed by atoms with Crippen LogP contribution in [-0.2, 0) is 6.42 Å². The molecule has 0 saturated heterocycles. The second-order valence-electron chi connectivity index (χ2n) is 6.26. The van der Waals surface area contributed by atoms with Crippen LogP contribution in [0.2, 0.25) is 0 Å². The zero-order valence-corrected chi connectivity index (χ0v) is 11.7. The van der Waals surface area contributed by atoms with E-state index in [1.165, 1.54) is 37.7 Å². The number of fused-ring (bicyclic) bond motifs is 1. The first-order valence-electron chi connectivity index (χ1n) is 7.79. The minimum Gasteiger partial charge on any atom is -0.469 e. The zero-order chi connectivity index (χ0) is 13.1. The monoisotopic (exact) mass is 263 g/mol. The third-order valence-corrected chi connectivity index (χ3v) is 4.76. The lowest BCUT2D eigenvalue weighted by Crippen LogP contribution is -2.42. The lowest BCUT2D eigenvalue weighted by Gasteiger charge is -2.31. The normalized spacial score (nSPS) is 26.7. The van der Waals surface area contributed by atoms with Crippen molar-refractivity contribution in [3.8, 4) is 0 Å². The lowest BCUT2D eigenvalue weighted by molar-refractivity contribution is 0.0221. The first-order chi connectivity index (χ1) is 9.27. The van der Waals surface area contributed by atoms with Gasteiger partial charge >= 0.3 is 0 Å². The zero-order valence-electron chi connectivity index (χ0n) is 11.7. The van der Waals surface area contributed by atoms with Crippen LogP contribution in [0.5, 0.6) is 0 Å². The highest BCUT2D eigenvalue weighted by atomic mass is 16.3. The summed E-state index contributed by atoms with van der Waals surface area (Å²) < 4.78 is 5.52. The Morgan fingerprint density at radius 1 is 1.21 bits per heavy atom. The Morgan fingerprint density at radius 2 is 2.00 bits per heavy atom. The second kappa shape index (κ2) is 5.68. The maximum absolute atomic E-state index is 10.7. The van der Waals surface area contributed by atoms with Crippen molar-refractivity contribution in [1.82, 2.24) is 5.32 Å². The molecule has 3 heteroatoms. The molecule has 2 aliphatic carbocycles. The maximum Gasteiger partial charge on any atom is 0.108 e. The molecule has 1 fully saturated rings. The summed E-state index contributed by atoms with van der Waals surface area (Å²) in [6.07, 6.45) is 12.0. The van der Waals surface area contributed by atoms with Crippen molar-refractivity contribution in [2.24, 2.45) is 0 Å². The fraction of sp³-hybridized carbons (Fsp3) is 0.750. The molecule has 0 aliphatic heterocycles. The maximum atomic E-state index is 10.7. The van der Waals surface area contributed by atoms with Crippen LogP contribution in [-0.4, -0.2) is 17.3 Å². The molecule has 0 radical (unpaired) electrons. The summed E-state index contributed by atoms with van der Waals surface area (Å²) in [5, 5.41) is 14.3. The van der Waals surface area contributed by atoms with Gasteiger partial charge < -0.3 is 14.8 Å². The molecule has 3 rings (SSSR count). The van der Waals surface area contributed by atoms with Gasteiger partial charge in [-0.25, -0.2) is 0 Å². The van der Waals surface area contributed by atoms with E-state index in [1.807, 2.05) is 0 Å². The lowest BCUT2D eigenvalue weighted by atomic mass is 9.90. The van der Waals surface area contributed by atoms with Gasteiger partial charge in [-0.05, 0) is 31.7 Å². The van der Waals surface area contributed by atoms with Crippen LogP contribution in [0.4, 0.5) is 0 Å². The summed E-state index contributed by atoms with van der Waals surface area (Å²) in [6.45, 7) is 0.724. The van der Waals surface area contributed by atoms with E-state index in [1.54, 1.807) is 6.26 Å². The Kier molecular flexibility index (Phi) is 3.94. The molecule has 1 heterocycles. The van der Waals surface area contributed by atoms with Crippen molar-refractivity contribution in [2.75, 3.05) is 6.54 Å². The Balaban J connectivity index is 1.60. The molecule has 0 spiro atoms. The Bertz CT molecular complexity index is 405. The number of nitrogens with one attached hydrogen (secondary N) is 1. The molecule has 2 N–H and O–H groups in total. The van der Waals surface area contributed by atoms with Crippen molar-refractivity contribution < 1.29 is 9.52 Å². The molecule has 1 saturated carbocycles. The molecule has 19 heavy (non-hydrogen) atoms. The molecule has 106 valence electrons. The van der Waals surface area contributed by atoms with Gasteiger partial charge in [-0.2, -0.15) is 0 Å². The van der Waals surface area contributed by atoms with E-state index in [4.69, 9.17) is 4.42 Å². The summed E-state index contributed by atoms with van der Waals surface area (Å²) in [6, 6.07) is 2.46. The first-order valence-corrected chi connectivity index (χ1v) is 7.79. The highest BCUT2D eigenvalue weighted by Crippen LogP contribution is 2.32. The molecule has 3 nitrogen and oxygen atoms in total. The van der Waals surface area contributed by atoms with E-state index in [-0.39, 0.29) is 0 Å². The van der Waals surface area contributed by atoms with E-state index in [0.717, 1.165) is 38.0 Å². The number of aliphatic hydroxyl groups is 1. The number of aryl methyl sites for hydroxylation is 1. The molecule has 0 bridgehead atoms. The fourth-order valence-corrected chi connectivity index (χ4v) is 3.58. The van der Waals surface area contributed by atoms with Gasteiger partial charge in [0, 0.05) is 24.6 Å². The summed E-state index contributed by atoms with van der Waals surface area (Å²) in [5.74, 6) is 1.14. The van der Waals surface area contributed by atoms with Crippen molar-refractivity contribution in [3.63, 3.8) is 0 Å². The number of hydrogen-bond donors (Lipinski definition) is 2. The van der Waals surface area contributed by atoms with Crippen molar-refractivity contribution in [3.05, 3.63) is 23.7 Å². The number of hydrogen-bond acceptors (Lipinski definition) is 3. The predicted octanol–water partition coefficient (Wildman–Crippen LogP) is 3.33. The number of furan rings is 1. The van der Waals surface area contributed by atoms with Crippen LogP contribution >= 0.6 is 0 Å². The van der Waals surface area contributed by atoms with E-state index < -0.39 is 5.60 Å². The average molecular weight is 263 g/mol. The quantitative estimate of drug-likeness (QED) is 0.822. The molecule has 1 atom stereocenters. The largest absolute Gasteiger partial charge is 0.469 e. The van der Waals surface area contributed by atoms with Crippen molar-refractivity contribution in [2.45, 2.75) is 69.4 Å². The molecule has 0 amide bonds. The summed E-state index contributed by atoms with van der Waals surface area (Å²) in [5.41, 5.74) is 0.821. The predicted molar refractivity (Wildman–Crippen MR) is 75.0 cm³/mol. The summed E-state index contributed by atoms with van der Waals surface area (Å²) in [7, 11) is 0. The molecular weight excluding hydrogens is 238 g/mol. The van der Waals surface area contributed by atoms with Gasteiger partial charge in [0.2, 0.25) is 0 Å². The van der Waals surface area contributed by atoms with Gasteiger partial charge in [-0.1, -0.05) is 25.7 Å². The van der Waals surface area contributed by atoms with Gasteiger partial charge in [-0.15, -0.1) is 0 Å². The SMILES string of the molecule is OC1(CNC2CCCc3occc32)CCCCCC1. The molecule has 0 aromatic carbocycles. The Hall–Kier alpha value is -0.800. The fourth-order valence-electron chi connectivity index (χ4n) is 3.58. The summed E-state index contributed by atoms with van der Waals surface area (Å²) in [4.78, 5) is 0. The van der Waals surface area contributed by atoms with Crippen molar-refractivity contribution in [1.29, 1.82) is 0 Å². The van der Waals surface area contributed by atoms with Gasteiger partial charge in [-0.3, -0.25) is 0 Å². The van der Waals surface area contributed by atoms with Gasteiger partial charge in [0.05, 0.1) is 11.9 Å². The second-order valence-corrected chi connectivity index (χ2v) is 6.26. The van der Waals surface area contributed by atoms with E-state index in [2.05, 4.69) is 11.4 Å². The number of rotatable bonds is 3. The molecule has 1 unspecified atom stereocenters. The minimum absolute atomic E-state index is 0.370. The van der Waals surface area contributed by atoms with Gasteiger partial charge in [0.1, 0.15) is 5.76 Å².